The molecule has 1 fully saturated rings. The van der Waals surface area contributed by atoms with Crippen molar-refractivity contribution < 1.29 is 37.3 Å². The molecule has 35 heavy (non-hydrogen) atoms. The van der Waals surface area contributed by atoms with Gasteiger partial charge in [0.1, 0.15) is 12.7 Å². The second kappa shape index (κ2) is 10.2. The number of hydrogen-bond donors (Lipinski definition) is 2. The molecule has 1 amide bonds. The van der Waals surface area contributed by atoms with Gasteiger partial charge < -0.3 is 24.1 Å². The number of hydrogen-bond acceptors (Lipinski definition) is 10. The van der Waals surface area contributed by atoms with Gasteiger partial charge in [-0.3, -0.25) is 4.98 Å². The van der Waals surface area contributed by atoms with Crippen LogP contribution in [0.25, 0.3) is 22.3 Å². The van der Waals surface area contributed by atoms with Crippen molar-refractivity contribution in [3.05, 3.63) is 36.7 Å². The monoisotopic (exact) mass is 505 g/mol. The summed E-state index contributed by atoms with van der Waals surface area (Å²) in [5.74, 6) is 1.28. The summed E-state index contributed by atoms with van der Waals surface area (Å²) in [4.78, 5) is 24.0. The van der Waals surface area contributed by atoms with E-state index >= 15 is 0 Å². The normalized spacial score (nSPS) is 16.6. The lowest BCUT2D eigenvalue weighted by molar-refractivity contribution is -0.0256. The fraction of sp³-hybridized carbons (Fsp3) is 0.333. The molecule has 1 saturated heterocycles. The van der Waals surface area contributed by atoms with Crippen molar-refractivity contribution in [2.45, 2.75) is 6.10 Å². The molecule has 1 atom stereocenters. The maximum Gasteiger partial charge on any atom is 0.419 e. The van der Waals surface area contributed by atoms with Gasteiger partial charge in [0.25, 0.3) is 0 Å². The fourth-order valence-corrected chi connectivity index (χ4v) is 4.57. The molecule has 1 unspecified atom stereocenters. The van der Waals surface area contributed by atoms with Crippen LogP contribution in [-0.2, 0) is 14.9 Å². The molecule has 1 aromatic carbocycles. The van der Waals surface area contributed by atoms with E-state index in [-0.39, 0.29) is 32.2 Å². The number of carboxylic acid groups (broad SMARTS) is 1. The summed E-state index contributed by atoms with van der Waals surface area (Å²) >= 11 is 0. The van der Waals surface area contributed by atoms with Gasteiger partial charge in [0, 0.05) is 31.0 Å². The number of pyridine rings is 1. The molecule has 13 nitrogen and oxygen atoms in total. The summed E-state index contributed by atoms with van der Waals surface area (Å²) in [6.45, 7) is -0.0521. The topological polar surface area (TPSA) is 162 Å². The highest BCUT2D eigenvalue weighted by molar-refractivity contribution is 7.87. The summed E-state index contributed by atoms with van der Waals surface area (Å²) in [7, 11) is -1.12. The van der Waals surface area contributed by atoms with Gasteiger partial charge in [-0.2, -0.15) is 12.7 Å². The third-order valence-corrected chi connectivity index (χ3v) is 6.61. The highest BCUT2D eigenvalue weighted by Crippen LogP contribution is 2.33. The minimum atomic E-state index is -4.20. The van der Waals surface area contributed by atoms with Gasteiger partial charge in [-0.1, -0.05) is 0 Å². The third kappa shape index (κ3) is 5.50. The lowest BCUT2D eigenvalue weighted by atomic mass is 10.1. The molecule has 1 aliphatic heterocycles. The Hall–Kier alpha value is -3.75. The Morgan fingerprint density at radius 3 is 2.71 bits per heavy atom. The average molecular weight is 506 g/mol. The molecule has 4 rings (SSSR count). The van der Waals surface area contributed by atoms with Crippen LogP contribution in [0.4, 0.5) is 4.79 Å². The quantitative estimate of drug-likeness (QED) is 0.454. The van der Waals surface area contributed by atoms with E-state index in [9.17, 15) is 13.2 Å². The molecule has 3 heterocycles. The van der Waals surface area contributed by atoms with Crippen LogP contribution in [0.2, 0.25) is 0 Å². The van der Waals surface area contributed by atoms with Crippen LogP contribution in [0.15, 0.2) is 36.7 Å². The molecule has 0 radical (unpaired) electrons. The molecule has 0 spiro atoms. The van der Waals surface area contributed by atoms with Crippen molar-refractivity contribution >= 4 is 27.3 Å². The largest absolute Gasteiger partial charge is 0.493 e. The molecule has 3 aromatic rings. The standard InChI is InChI=1S/C21H23N5O8S/c1-31-17-4-3-13(9-18(17)32-2)15-10-16-19(23-6-5-22-16)20(24-15)34-12-14-11-26(7-8-33-14)35(29,30)25-21(27)28/h3-6,9-10,14,25H,7-8,11-12H2,1-2H3,(H,27,28). The number of amides is 1. The Labute approximate surface area is 200 Å². The second-order valence-electron chi connectivity index (χ2n) is 7.38. The van der Waals surface area contributed by atoms with Gasteiger partial charge >= 0.3 is 16.3 Å². The molecule has 186 valence electrons. The number of carbonyl (C=O) groups is 1. The minimum absolute atomic E-state index is 0.0144. The van der Waals surface area contributed by atoms with Gasteiger partial charge in [0.05, 0.1) is 32.0 Å². The van der Waals surface area contributed by atoms with Crippen LogP contribution < -0.4 is 18.9 Å². The summed E-state index contributed by atoms with van der Waals surface area (Å²) in [6.07, 6.45) is 0.737. The molecule has 0 aliphatic carbocycles. The molecule has 2 N–H and O–H groups in total. The van der Waals surface area contributed by atoms with E-state index in [0.29, 0.717) is 28.2 Å². The summed E-state index contributed by atoms with van der Waals surface area (Å²) in [6, 6.07) is 7.11. The molecule has 0 bridgehead atoms. The Morgan fingerprint density at radius 2 is 1.97 bits per heavy atom. The van der Waals surface area contributed by atoms with Gasteiger partial charge in [-0.25, -0.2) is 19.5 Å². The molecule has 14 heteroatoms. The average Bonchev–Trinajstić information content (AvgIpc) is 2.86. The zero-order chi connectivity index (χ0) is 25.0. The van der Waals surface area contributed by atoms with Crippen LogP contribution in [0.1, 0.15) is 0 Å². The number of nitrogens with one attached hydrogen (secondary N) is 1. The number of rotatable bonds is 8. The predicted molar refractivity (Wildman–Crippen MR) is 123 cm³/mol. The highest BCUT2D eigenvalue weighted by Gasteiger charge is 2.31. The number of methoxy groups -OCH3 is 2. The van der Waals surface area contributed by atoms with E-state index in [4.69, 9.17) is 24.1 Å². The van der Waals surface area contributed by atoms with Gasteiger partial charge in [-0.15, -0.1) is 0 Å². The van der Waals surface area contributed by atoms with E-state index in [1.165, 1.54) is 18.0 Å². The zero-order valence-corrected chi connectivity index (χ0v) is 19.7. The van der Waals surface area contributed by atoms with Crippen LogP contribution in [-0.4, -0.2) is 85.5 Å². The first-order valence-corrected chi connectivity index (χ1v) is 11.8. The maximum absolute atomic E-state index is 12.2. The molecule has 0 saturated carbocycles. The van der Waals surface area contributed by atoms with Crippen molar-refractivity contribution in [1.29, 1.82) is 0 Å². The Morgan fingerprint density at radius 1 is 1.20 bits per heavy atom. The smallest absolute Gasteiger partial charge is 0.419 e. The lowest BCUT2D eigenvalue weighted by Crippen LogP contribution is -2.52. The number of morpholine rings is 1. The lowest BCUT2D eigenvalue weighted by Gasteiger charge is -2.31. The Balaban J connectivity index is 1.58. The van der Waals surface area contributed by atoms with Crippen molar-refractivity contribution in [2.75, 3.05) is 40.5 Å². The SMILES string of the molecule is COc1ccc(-c2cc3nccnc3c(OCC3CN(S(=O)(=O)NC(=O)O)CCO3)n2)cc1OC. The number of ether oxygens (including phenoxy) is 4. The van der Waals surface area contributed by atoms with E-state index in [2.05, 4.69) is 15.0 Å². The van der Waals surface area contributed by atoms with Crippen LogP contribution in [0.5, 0.6) is 17.4 Å². The zero-order valence-electron chi connectivity index (χ0n) is 18.9. The molecular formula is C21H23N5O8S. The minimum Gasteiger partial charge on any atom is -0.493 e. The summed E-state index contributed by atoms with van der Waals surface area (Å²) < 4.78 is 49.1. The second-order valence-corrected chi connectivity index (χ2v) is 9.05. The van der Waals surface area contributed by atoms with E-state index in [1.54, 1.807) is 31.5 Å². The summed E-state index contributed by atoms with van der Waals surface area (Å²) in [5, 5.41) is 8.77. The van der Waals surface area contributed by atoms with Crippen LogP contribution in [0, 0.1) is 0 Å². The first kappa shape index (κ1) is 24.4. The Bertz CT molecular complexity index is 1340. The maximum atomic E-state index is 12.2. The number of benzene rings is 1. The fourth-order valence-electron chi connectivity index (χ4n) is 3.55. The summed E-state index contributed by atoms with van der Waals surface area (Å²) in [5.41, 5.74) is 2.24. The number of fused-ring (bicyclic) bond motifs is 1. The van der Waals surface area contributed by atoms with Gasteiger partial charge in [-0.05, 0) is 24.3 Å². The van der Waals surface area contributed by atoms with E-state index < -0.39 is 22.4 Å². The number of nitrogens with zero attached hydrogens (tertiary/aromatic N) is 4. The first-order valence-electron chi connectivity index (χ1n) is 10.4. The molecule has 2 aromatic heterocycles. The van der Waals surface area contributed by atoms with Gasteiger partial charge in [0.15, 0.2) is 17.0 Å². The highest BCUT2D eigenvalue weighted by atomic mass is 32.2. The van der Waals surface area contributed by atoms with Gasteiger partial charge in [0.2, 0.25) is 5.88 Å². The number of aromatic nitrogens is 3. The Kier molecular flexibility index (Phi) is 7.14. The van der Waals surface area contributed by atoms with Crippen LogP contribution in [0.3, 0.4) is 0 Å². The third-order valence-electron chi connectivity index (χ3n) is 5.17. The first-order chi connectivity index (χ1) is 16.8. The predicted octanol–water partition coefficient (Wildman–Crippen LogP) is 1.30. The van der Waals surface area contributed by atoms with Crippen molar-refractivity contribution in [3.8, 4) is 28.6 Å². The van der Waals surface area contributed by atoms with E-state index in [1.807, 2.05) is 6.07 Å². The molecular weight excluding hydrogens is 482 g/mol. The van der Waals surface area contributed by atoms with E-state index in [0.717, 1.165) is 9.87 Å². The van der Waals surface area contributed by atoms with Crippen molar-refractivity contribution in [1.82, 2.24) is 24.0 Å². The van der Waals surface area contributed by atoms with Crippen molar-refractivity contribution in [2.24, 2.45) is 0 Å². The van der Waals surface area contributed by atoms with Crippen molar-refractivity contribution in [3.63, 3.8) is 0 Å². The molecule has 1 aliphatic rings. The van der Waals surface area contributed by atoms with Crippen LogP contribution >= 0.6 is 0 Å².